The van der Waals surface area contributed by atoms with Crippen LogP contribution < -0.4 is 10.9 Å². The van der Waals surface area contributed by atoms with Crippen LogP contribution in [-0.2, 0) is 0 Å². The Kier molecular flexibility index (Phi) is 5.05. The lowest BCUT2D eigenvalue weighted by Gasteiger charge is -2.10. The van der Waals surface area contributed by atoms with E-state index in [-0.39, 0.29) is 17.3 Å². The monoisotopic (exact) mass is 457 g/mol. The molecule has 0 saturated heterocycles. The fourth-order valence-corrected chi connectivity index (χ4v) is 3.81. The molecule has 0 unspecified atom stereocenters. The number of H-pyrrole nitrogens is 1. The lowest BCUT2D eigenvalue weighted by Crippen LogP contribution is -2.19. The number of carbonyl (C=O) groups is 1. The van der Waals surface area contributed by atoms with Crippen molar-refractivity contribution in [2.24, 2.45) is 0 Å². The first kappa shape index (κ1) is 21.3. The zero-order chi connectivity index (χ0) is 24.0. The highest BCUT2D eigenvalue weighted by Crippen LogP contribution is 2.21. The fraction of sp³-hybridized carbons (Fsp3) is 0.125. The van der Waals surface area contributed by atoms with Crippen LogP contribution in [0.5, 0.6) is 0 Å². The Bertz CT molecular complexity index is 1630. The molecule has 0 aliphatic heterocycles. The third kappa shape index (κ3) is 3.64. The van der Waals surface area contributed by atoms with Gasteiger partial charge in [-0.3, -0.25) is 14.6 Å². The maximum absolute atomic E-state index is 14.1. The standard InChI is InChI=1S/C24H20FN7O2/c1-13-8-9-19(14(2)10-13)31-21-17(12-26-31)23(34)29-24(28-21)32-20(11-15(3)30-32)27-22(33)16-6-4-5-7-18(16)25/h4-12H,1-3H3,(H,27,33)(H,28,29,34). The van der Waals surface area contributed by atoms with Crippen molar-refractivity contribution in [2.45, 2.75) is 20.8 Å². The predicted octanol–water partition coefficient (Wildman–Crippen LogP) is 3.61. The SMILES string of the molecule is Cc1ccc(-n2ncc3c(=O)[nH]c(-n4nc(C)cc4NC(=O)c4ccccc4F)nc32)c(C)c1. The number of aryl methyl sites for hydroxylation is 3. The van der Waals surface area contributed by atoms with E-state index in [1.54, 1.807) is 23.7 Å². The summed E-state index contributed by atoms with van der Waals surface area (Å²) >= 11 is 0. The van der Waals surface area contributed by atoms with Crippen molar-refractivity contribution in [2.75, 3.05) is 5.32 Å². The van der Waals surface area contributed by atoms with Gasteiger partial charge in [0, 0.05) is 6.07 Å². The van der Waals surface area contributed by atoms with Crippen LogP contribution >= 0.6 is 0 Å². The van der Waals surface area contributed by atoms with Crippen LogP contribution in [0.2, 0.25) is 0 Å². The van der Waals surface area contributed by atoms with Crippen LogP contribution in [0.15, 0.2) is 59.5 Å². The molecule has 3 heterocycles. The van der Waals surface area contributed by atoms with E-state index >= 15 is 0 Å². The summed E-state index contributed by atoms with van der Waals surface area (Å²) in [7, 11) is 0. The van der Waals surface area contributed by atoms with Gasteiger partial charge >= 0.3 is 0 Å². The van der Waals surface area contributed by atoms with Crippen molar-refractivity contribution in [1.29, 1.82) is 0 Å². The second-order valence-electron chi connectivity index (χ2n) is 7.99. The third-order valence-corrected chi connectivity index (χ3v) is 5.40. The number of anilines is 1. The number of nitrogens with zero attached hydrogens (tertiary/aromatic N) is 5. The minimum Gasteiger partial charge on any atom is -0.306 e. The molecule has 3 aromatic heterocycles. The van der Waals surface area contributed by atoms with E-state index in [1.807, 2.05) is 32.0 Å². The summed E-state index contributed by atoms with van der Waals surface area (Å²) in [5, 5.41) is 11.7. The Morgan fingerprint density at radius 2 is 1.85 bits per heavy atom. The number of nitrogens with one attached hydrogen (secondary N) is 2. The molecule has 170 valence electrons. The predicted molar refractivity (Wildman–Crippen MR) is 125 cm³/mol. The van der Waals surface area contributed by atoms with Gasteiger partial charge in [-0.15, -0.1) is 0 Å². The molecular formula is C24H20FN7O2. The number of benzene rings is 2. The number of hydrogen-bond donors (Lipinski definition) is 2. The van der Waals surface area contributed by atoms with Crippen LogP contribution in [0.4, 0.5) is 10.2 Å². The molecule has 9 nitrogen and oxygen atoms in total. The van der Waals surface area contributed by atoms with Crippen LogP contribution in [0, 0.1) is 26.6 Å². The summed E-state index contributed by atoms with van der Waals surface area (Å²) < 4.78 is 17.0. The number of hydrogen-bond acceptors (Lipinski definition) is 5. The van der Waals surface area contributed by atoms with Crippen LogP contribution in [0.3, 0.4) is 0 Å². The van der Waals surface area contributed by atoms with Crippen molar-refractivity contribution in [3.8, 4) is 11.6 Å². The molecule has 0 atom stereocenters. The molecule has 0 aliphatic carbocycles. The molecule has 10 heteroatoms. The van der Waals surface area contributed by atoms with Gasteiger partial charge in [-0.2, -0.15) is 19.9 Å². The minimum atomic E-state index is -0.650. The summed E-state index contributed by atoms with van der Waals surface area (Å²) in [6.45, 7) is 5.68. The number of fused-ring (bicyclic) bond motifs is 1. The zero-order valence-electron chi connectivity index (χ0n) is 18.6. The van der Waals surface area contributed by atoms with Crippen molar-refractivity contribution in [3.63, 3.8) is 0 Å². The van der Waals surface area contributed by atoms with Gasteiger partial charge in [0.2, 0.25) is 5.95 Å². The minimum absolute atomic E-state index is 0.0842. The molecule has 5 rings (SSSR count). The number of aromatic nitrogens is 6. The summed E-state index contributed by atoms with van der Waals surface area (Å²) in [5.74, 6) is -0.983. The van der Waals surface area contributed by atoms with E-state index in [0.717, 1.165) is 16.8 Å². The van der Waals surface area contributed by atoms with Crippen molar-refractivity contribution >= 4 is 22.8 Å². The van der Waals surface area contributed by atoms with E-state index < -0.39 is 17.3 Å². The van der Waals surface area contributed by atoms with Crippen LogP contribution in [-0.4, -0.2) is 35.4 Å². The molecule has 0 bridgehead atoms. The van der Waals surface area contributed by atoms with E-state index in [2.05, 4.69) is 25.5 Å². The molecule has 0 saturated carbocycles. The largest absolute Gasteiger partial charge is 0.306 e. The first-order chi connectivity index (χ1) is 16.3. The number of carbonyl (C=O) groups excluding carboxylic acids is 1. The normalized spacial score (nSPS) is 11.2. The van der Waals surface area contributed by atoms with Gasteiger partial charge < -0.3 is 5.32 Å². The number of aromatic amines is 1. The second kappa shape index (κ2) is 8.07. The highest BCUT2D eigenvalue weighted by Gasteiger charge is 2.19. The molecule has 0 spiro atoms. The average molecular weight is 457 g/mol. The Labute approximate surface area is 192 Å². The first-order valence-corrected chi connectivity index (χ1v) is 10.5. The maximum Gasteiger partial charge on any atom is 0.263 e. The number of amides is 1. The third-order valence-electron chi connectivity index (χ3n) is 5.40. The van der Waals surface area contributed by atoms with E-state index in [4.69, 9.17) is 0 Å². The molecule has 0 aliphatic rings. The van der Waals surface area contributed by atoms with Gasteiger partial charge in [0.15, 0.2) is 5.65 Å². The molecule has 1 amide bonds. The van der Waals surface area contributed by atoms with E-state index in [0.29, 0.717) is 16.7 Å². The maximum atomic E-state index is 14.1. The molecule has 2 N–H and O–H groups in total. The topological polar surface area (TPSA) is 110 Å². The van der Waals surface area contributed by atoms with Gasteiger partial charge in [0.1, 0.15) is 17.0 Å². The number of halogens is 1. The van der Waals surface area contributed by atoms with Crippen molar-refractivity contribution in [3.05, 3.63) is 93.3 Å². The zero-order valence-corrected chi connectivity index (χ0v) is 18.6. The van der Waals surface area contributed by atoms with Crippen LogP contribution in [0.25, 0.3) is 22.7 Å². The van der Waals surface area contributed by atoms with E-state index in [9.17, 15) is 14.0 Å². The van der Waals surface area contributed by atoms with Gasteiger partial charge in [0.05, 0.1) is 23.1 Å². The van der Waals surface area contributed by atoms with Crippen molar-refractivity contribution in [1.82, 2.24) is 29.5 Å². The highest BCUT2D eigenvalue weighted by atomic mass is 19.1. The highest BCUT2D eigenvalue weighted by molar-refractivity contribution is 6.04. The Morgan fingerprint density at radius 3 is 2.62 bits per heavy atom. The second-order valence-corrected chi connectivity index (χ2v) is 7.99. The average Bonchev–Trinajstić information content (AvgIpc) is 3.37. The summed E-state index contributed by atoms with van der Waals surface area (Å²) in [4.78, 5) is 32.8. The summed E-state index contributed by atoms with van der Waals surface area (Å²) in [5.41, 5.74) is 3.25. The van der Waals surface area contributed by atoms with Crippen LogP contribution in [0.1, 0.15) is 27.2 Å². The quantitative estimate of drug-likeness (QED) is 0.428. The van der Waals surface area contributed by atoms with Gasteiger partial charge in [-0.1, -0.05) is 29.8 Å². The summed E-state index contributed by atoms with van der Waals surface area (Å²) in [6, 6.07) is 13.2. The van der Waals surface area contributed by atoms with Crippen molar-refractivity contribution < 1.29 is 9.18 Å². The Hall–Kier alpha value is -4.60. The first-order valence-electron chi connectivity index (χ1n) is 10.5. The lowest BCUT2D eigenvalue weighted by molar-refractivity contribution is 0.102. The lowest BCUT2D eigenvalue weighted by atomic mass is 10.1. The summed E-state index contributed by atoms with van der Waals surface area (Å²) in [6.07, 6.45) is 1.46. The smallest absolute Gasteiger partial charge is 0.263 e. The molecule has 2 aromatic carbocycles. The molecular weight excluding hydrogens is 437 g/mol. The Balaban J connectivity index is 1.61. The molecule has 5 aromatic rings. The van der Waals surface area contributed by atoms with Gasteiger partial charge in [-0.05, 0) is 44.5 Å². The molecule has 0 fully saturated rings. The number of rotatable bonds is 4. The Morgan fingerprint density at radius 1 is 1.06 bits per heavy atom. The molecule has 0 radical (unpaired) electrons. The van der Waals surface area contributed by atoms with Gasteiger partial charge in [0.25, 0.3) is 11.5 Å². The molecule has 34 heavy (non-hydrogen) atoms. The van der Waals surface area contributed by atoms with E-state index in [1.165, 1.54) is 29.1 Å². The van der Waals surface area contributed by atoms with Gasteiger partial charge in [-0.25, -0.2) is 9.07 Å². The fourth-order valence-electron chi connectivity index (χ4n) is 3.81.